The molecule has 0 heterocycles. The third kappa shape index (κ3) is 4.80. The third-order valence-corrected chi connectivity index (χ3v) is 2.90. The van der Waals surface area contributed by atoms with Crippen LogP contribution < -0.4 is 0 Å². The molecule has 5 nitrogen and oxygen atoms in total. The number of halogens is 2. The smallest absolute Gasteiger partial charge is 0.341 e. The van der Waals surface area contributed by atoms with Crippen molar-refractivity contribution in [2.75, 3.05) is 12.4 Å². The maximum Gasteiger partial charge on any atom is 0.341 e. The Balaban J connectivity index is 2.67. The van der Waals surface area contributed by atoms with Gasteiger partial charge in [0.05, 0.1) is 5.56 Å². The van der Waals surface area contributed by atoms with E-state index in [1.54, 1.807) is 0 Å². The Labute approximate surface area is 105 Å². The van der Waals surface area contributed by atoms with Crippen molar-refractivity contribution in [3.05, 3.63) is 34.1 Å². The van der Waals surface area contributed by atoms with E-state index >= 15 is 0 Å². The van der Waals surface area contributed by atoms with Crippen LogP contribution in [0.5, 0.6) is 0 Å². The summed E-state index contributed by atoms with van der Waals surface area (Å²) in [7, 11) is -4.20. The summed E-state index contributed by atoms with van der Waals surface area (Å²) < 4.78 is 47.3. The molecule has 0 aliphatic heterocycles. The molecule has 8 heteroatoms. The molecule has 0 saturated carbocycles. The quantitative estimate of drug-likeness (QED) is 0.672. The van der Waals surface area contributed by atoms with Gasteiger partial charge in [0.2, 0.25) is 0 Å². The van der Waals surface area contributed by atoms with Gasteiger partial charge in [-0.1, -0.05) is 15.9 Å². The molecule has 0 aliphatic rings. The van der Waals surface area contributed by atoms with E-state index in [-0.39, 0.29) is 5.56 Å². The molecule has 0 radical (unpaired) electrons. The molecule has 0 aliphatic carbocycles. The fourth-order valence-electron chi connectivity index (χ4n) is 0.971. The Hall–Kier alpha value is -0.990. The van der Waals surface area contributed by atoms with Gasteiger partial charge in [0.25, 0.3) is 10.1 Å². The predicted molar refractivity (Wildman–Crippen MR) is 60.8 cm³/mol. The first-order valence-corrected chi connectivity index (χ1v) is 6.77. The number of ether oxygens (including phenoxy) is 1. The zero-order valence-corrected chi connectivity index (χ0v) is 10.8. The summed E-state index contributed by atoms with van der Waals surface area (Å²) in [6.07, 6.45) is 0. The van der Waals surface area contributed by atoms with E-state index in [0.29, 0.717) is 4.47 Å². The topological polar surface area (TPSA) is 80.7 Å². The summed E-state index contributed by atoms with van der Waals surface area (Å²) in [6.45, 7) is -0.538. The van der Waals surface area contributed by atoms with Crippen LogP contribution in [0.4, 0.5) is 4.39 Å². The number of carbonyl (C=O) groups excluding carboxylic acids is 1. The van der Waals surface area contributed by atoms with Crippen LogP contribution in [0.3, 0.4) is 0 Å². The van der Waals surface area contributed by atoms with Crippen molar-refractivity contribution in [1.29, 1.82) is 0 Å². The molecule has 0 saturated heterocycles. The SMILES string of the molecule is O=C(OCCS(=O)(=O)O)c1cc(Br)ccc1F. The van der Waals surface area contributed by atoms with Gasteiger partial charge in [0, 0.05) is 4.47 Å². The van der Waals surface area contributed by atoms with E-state index in [1.165, 1.54) is 12.1 Å². The minimum absolute atomic E-state index is 0.310. The molecule has 94 valence electrons. The monoisotopic (exact) mass is 326 g/mol. The lowest BCUT2D eigenvalue weighted by atomic mass is 10.2. The third-order valence-electron chi connectivity index (χ3n) is 1.72. The summed E-state index contributed by atoms with van der Waals surface area (Å²) in [5, 5.41) is 0. The molecular weight excluding hydrogens is 319 g/mol. The largest absolute Gasteiger partial charge is 0.461 e. The Kier molecular flexibility index (Phi) is 4.61. The van der Waals surface area contributed by atoms with Crippen LogP contribution in [0.15, 0.2) is 22.7 Å². The van der Waals surface area contributed by atoms with Crippen molar-refractivity contribution < 1.29 is 26.9 Å². The van der Waals surface area contributed by atoms with E-state index in [4.69, 9.17) is 4.55 Å². The van der Waals surface area contributed by atoms with Crippen LogP contribution in [0.1, 0.15) is 10.4 Å². The Morgan fingerprint density at radius 2 is 2.12 bits per heavy atom. The van der Waals surface area contributed by atoms with Crippen LogP contribution >= 0.6 is 15.9 Å². The van der Waals surface area contributed by atoms with E-state index in [2.05, 4.69) is 20.7 Å². The molecule has 1 aromatic carbocycles. The molecule has 0 unspecified atom stereocenters. The van der Waals surface area contributed by atoms with Gasteiger partial charge in [-0.25, -0.2) is 9.18 Å². The highest BCUT2D eigenvalue weighted by molar-refractivity contribution is 9.10. The van der Waals surface area contributed by atoms with Crippen molar-refractivity contribution in [2.45, 2.75) is 0 Å². The molecule has 0 bridgehead atoms. The molecule has 0 aromatic heterocycles. The minimum Gasteiger partial charge on any atom is -0.461 e. The average molecular weight is 327 g/mol. The van der Waals surface area contributed by atoms with Gasteiger partial charge in [0.15, 0.2) is 0 Å². The van der Waals surface area contributed by atoms with Gasteiger partial charge in [-0.2, -0.15) is 8.42 Å². The van der Waals surface area contributed by atoms with Gasteiger partial charge in [-0.05, 0) is 18.2 Å². The van der Waals surface area contributed by atoms with Crippen LogP contribution in [0.2, 0.25) is 0 Å². The zero-order chi connectivity index (χ0) is 13.1. The first kappa shape index (κ1) is 14.1. The molecule has 0 fully saturated rings. The highest BCUT2D eigenvalue weighted by Gasteiger charge is 2.14. The molecule has 1 N–H and O–H groups in total. The van der Waals surface area contributed by atoms with Crippen LogP contribution in [0.25, 0.3) is 0 Å². The molecule has 0 spiro atoms. The fraction of sp³-hybridized carbons (Fsp3) is 0.222. The van der Waals surface area contributed by atoms with E-state index in [9.17, 15) is 17.6 Å². The highest BCUT2D eigenvalue weighted by Crippen LogP contribution is 2.16. The Morgan fingerprint density at radius 1 is 1.47 bits per heavy atom. The van der Waals surface area contributed by atoms with Crippen molar-refractivity contribution in [1.82, 2.24) is 0 Å². The number of esters is 1. The summed E-state index contributed by atoms with van der Waals surface area (Å²) in [4.78, 5) is 11.3. The highest BCUT2D eigenvalue weighted by atomic mass is 79.9. The fourth-order valence-corrected chi connectivity index (χ4v) is 1.63. The predicted octanol–water partition coefficient (Wildman–Crippen LogP) is 1.63. The average Bonchev–Trinajstić information content (AvgIpc) is 2.19. The standard InChI is InChI=1S/C9H8BrFO5S/c10-6-1-2-8(11)7(5-6)9(12)16-3-4-17(13,14)15/h1-2,5H,3-4H2,(H,13,14,15). The Bertz CT molecular complexity index is 528. The second-order valence-electron chi connectivity index (χ2n) is 3.05. The van der Waals surface area contributed by atoms with Gasteiger partial charge in [0.1, 0.15) is 18.2 Å². The van der Waals surface area contributed by atoms with Crippen LogP contribution in [-0.2, 0) is 14.9 Å². The van der Waals surface area contributed by atoms with Gasteiger partial charge < -0.3 is 4.74 Å². The number of benzene rings is 1. The molecular formula is C9H8BrFO5S. The number of hydrogen-bond acceptors (Lipinski definition) is 4. The Morgan fingerprint density at radius 3 is 2.71 bits per heavy atom. The normalized spacial score (nSPS) is 11.2. The number of carbonyl (C=O) groups is 1. The van der Waals surface area contributed by atoms with Crippen molar-refractivity contribution in [2.24, 2.45) is 0 Å². The molecule has 0 atom stereocenters. The summed E-state index contributed by atoms with van der Waals surface area (Å²) in [6, 6.07) is 3.69. The van der Waals surface area contributed by atoms with E-state index in [1.807, 2.05) is 0 Å². The second-order valence-corrected chi connectivity index (χ2v) is 5.53. The molecule has 17 heavy (non-hydrogen) atoms. The van der Waals surface area contributed by atoms with Crippen LogP contribution in [-0.4, -0.2) is 31.3 Å². The minimum atomic E-state index is -4.20. The lowest BCUT2D eigenvalue weighted by Gasteiger charge is -2.04. The molecule has 1 rings (SSSR count). The first-order valence-electron chi connectivity index (χ1n) is 4.37. The second kappa shape index (κ2) is 5.56. The number of hydrogen-bond donors (Lipinski definition) is 1. The summed E-state index contributed by atoms with van der Waals surface area (Å²) in [5.41, 5.74) is -0.310. The lowest BCUT2D eigenvalue weighted by Crippen LogP contribution is -2.15. The number of rotatable bonds is 4. The van der Waals surface area contributed by atoms with Crippen molar-refractivity contribution in [3.63, 3.8) is 0 Å². The van der Waals surface area contributed by atoms with E-state index < -0.39 is 34.3 Å². The van der Waals surface area contributed by atoms with Crippen molar-refractivity contribution in [3.8, 4) is 0 Å². The maximum atomic E-state index is 13.2. The molecule has 0 amide bonds. The summed E-state index contributed by atoms with van der Waals surface area (Å²) >= 11 is 3.05. The van der Waals surface area contributed by atoms with E-state index in [0.717, 1.165) is 6.07 Å². The van der Waals surface area contributed by atoms with Gasteiger partial charge in [-0.15, -0.1) is 0 Å². The van der Waals surface area contributed by atoms with Gasteiger partial charge >= 0.3 is 5.97 Å². The maximum absolute atomic E-state index is 13.2. The van der Waals surface area contributed by atoms with Gasteiger partial charge in [-0.3, -0.25) is 4.55 Å². The zero-order valence-electron chi connectivity index (χ0n) is 8.39. The summed E-state index contributed by atoms with van der Waals surface area (Å²) in [5.74, 6) is -2.49. The first-order chi connectivity index (χ1) is 7.79. The lowest BCUT2D eigenvalue weighted by molar-refractivity contribution is 0.0523. The van der Waals surface area contributed by atoms with Crippen molar-refractivity contribution >= 4 is 32.0 Å². The van der Waals surface area contributed by atoms with Crippen LogP contribution in [0, 0.1) is 5.82 Å². The molecule has 1 aromatic rings.